The van der Waals surface area contributed by atoms with E-state index in [0.29, 0.717) is 6.61 Å². The maximum Gasteiger partial charge on any atom is 1.00 e. The molecule has 0 aromatic carbocycles. The molecule has 114 valence electrons. The average molecular weight is 316 g/mol. The summed E-state index contributed by atoms with van der Waals surface area (Å²) in [6, 6.07) is 0. The second-order valence-corrected chi connectivity index (χ2v) is 6.23. The Labute approximate surface area is 144 Å². The van der Waals surface area contributed by atoms with Gasteiger partial charge in [0.2, 0.25) is 0 Å². The van der Waals surface area contributed by atoms with Crippen molar-refractivity contribution in [2.24, 2.45) is 0 Å². The van der Waals surface area contributed by atoms with E-state index in [1.165, 1.54) is 32.1 Å². The van der Waals surface area contributed by atoms with Gasteiger partial charge < -0.3 is 9.29 Å². The Morgan fingerprint density at radius 2 is 1.50 bits per heavy atom. The van der Waals surface area contributed by atoms with E-state index in [2.05, 4.69) is 6.92 Å². The number of carbonyl (C=O) groups excluding carboxylic acids is 1. The predicted octanol–water partition coefficient (Wildman–Crippen LogP) is -0.390. The van der Waals surface area contributed by atoms with E-state index in [0.717, 1.165) is 19.3 Å². The van der Waals surface area contributed by atoms with Gasteiger partial charge in [-0.25, -0.2) is 8.42 Å². The molecule has 0 fully saturated rings. The van der Waals surface area contributed by atoms with Crippen molar-refractivity contribution in [2.75, 3.05) is 12.4 Å². The fourth-order valence-corrected chi connectivity index (χ4v) is 2.12. The number of rotatable bonds is 12. The summed E-state index contributed by atoms with van der Waals surface area (Å²) in [5.41, 5.74) is 0. The summed E-state index contributed by atoms with van der Waals surface area (Å²) >= 11 is 0. The third-order valence-electron chi connectivity index (χ3n) is 2.82. The number of unbranched alkanes of at least 4 members (excludes halogenated alkanes) is 7. The Balaban J connectivity index is 0. The molecule has 20 heavy (non-hydrogen) atoms. The van der Waals surface area contributed by atoms with Gasteiger partial charge in [0.25, 0.3) is 0 Å². The minimum atomic E-state index is -4.32. The van der Waals surface area contributed by atoms with Crippen LogP contribution in [-0.4, -0.2) is 31.3 Å². The van der Waals surface area contributed by atoms with Crippen LogP contribution in [0.2, 0.25) is 0 Å². The van der Waals surface area contributed by atoms with Crippen LogP contribution in [0.1, 0.15) is 64.7 Å². The van der Waals surface area contributed by atoms with Crippen LogP contribution in [0.15, 0.2) is 0 Å². The van der Waals surface area contributed by atoms with Gasteiger partial charge in [0.05, 0.1) is 23.1 Å². The van der Waals surface area contributed by atoms with E-state index in [9.17, 15) is 17.8 Å². The molecule has 0 saturated carbocycles. The van der Waals surface area contributed by atoms with Gasteiger partial charge in [-0.2, -0.15) is 0 Å². The van der Waals surface area contributed by atoms with Crippen LogP contribution in [-0.2, 0) is 19.6 Å². The van der Waals surface area contributed by atoms with E-state index in [1.807, 2.05) is 0 Å². The van der Waals surface area contributed by atoms with Crippen molar-refractivity contribution in [3.8, 4) is 0 Å². The van der Waals surface area contributed by atoms with Gasteiger partial charge in [0.15, 0.2) is 0 Å². The van der Waals surface area contributed by atoms with Crippen LogP contribution in [0.3, 0.4) is 0 Å². The molecule has 0 aliphatic rings. The fraction of sp³-hybridized carbons (Fsp3) is 0.923. The molecule has 0 heterocycles. The second-order valence-electron chi connectivity index (χ2n) is 4.71. The fourth-order valence-electron chi connectivity index (χ4n) is 1.70. The first kappa shape index (κ1) is 22.7. The third-order valence-corrected chi connectivity index (χ3v) is 3.52. The maximum absolute atomic E-state index is 11.1. The number of esters is 1. The topological polar surface area (TPSA) is 83.5 Å². The van der Waals surface area contributed by atoms with Crippen molar-refractivity contribution in [2.45, 2.75) is 64.7 Å². The molecule has 5 nitrogen and oxygen atoms in total. The minimum Gasteiger partial charge on any atom is -0.748 e. The molecule has 0 aliphatic heterocycles. The molecule has 0 amide bonds. The minimum absolute atomic E-state index is 0. The van der Waals surface area contributed by atoms with E-state index < -0.39 is 21.8 Å². The van der Waals surface area contributed by atoms with Gasteiger partial charge in [0.1, 0.15) is 0 Å². The zero-order valence-corrected chi connectivity index (χ0v) is 15.5. The Kier molecular flexibility index (Phi) is 16.2. The SMILES string of the molecule is CCCCCCCCCCOC(=O)CCS(=O)(=O)[O-].[Na+]. The summed E-state index contributed by atoms with van der Waals surface area (Å²) in [5.74, 6) is -1.29. The normalized spacial score (nSPS) is 10.9. The molecule has 0 N–H and O–H groups in total. The first-order valence-electron chi connectivity index (χ1n) is 7.05. The van der Waals surface area contributed by atoms with Crippen LogP contribution in [0, 0.1) is 0 Å². The van der Waals surface area contributed by atoms with Gasteiger partial charge in [0, 0.05) is 5.75 Å². The third kappa shape index (κ3) is 18.4. The molecule has 0 rings (SSSR count). The first-order chi connectivity index (χ1) is 8.95. The molecule has 0 unspecified atom stereocenters. The standard InChI is InChI=1S/C13H26O5S.Na/c1-2-3-4-5-6-7-8-9-11-18-13(14)10-12-19(15,16)17;/h2-12H2,1H3,(H,15,16,17);/q;+1/p-1. The summed E-state index contributed by atoms with van der Waals surface area (Å²) in [7, 11) is -4.32. The molecule has 0 aromatic rings. The summed E-state index contributed by atoms with van der Waals surface area (Å²) in [6.45, 7) is 2.50. The first-order valence-corrected chi connectivity index (χ1v) is 8.62. The molecule has 7 heteroatoms. The summed E-state index contributed by atoms with van der Waals surface area (Å²) < 4.78 is 35.7. The monoisotopic (exact) mass is 316 g/mol. The van der Waals surface area contributed by atoms with E-state index in [1.54, 1.807) is 0 Å². The van der Waals surface area contributed by atoms with E-state index in [-0.39, 0.29) is 36.0 Å². The second kappa shape index (κ2) is 14.3. The zero-order chi connectivity index (χ0) is 14.6. The van der Waals surface area contributed by atoms with Crippen LogP contribution in [0.5, 0.6) is 0 Å². The molecule has 0 radical (unpaired) electrons. The number of ether oxygens (including phenoxy) is 1. The van der Waals surface area contributed by atoms with Gasteiger partial charge in [-0.15, -0.1) is 0 Å². The molecule has 0 spiro atoms. The summed E-state index contributed by atoms with van der Waals surface area (Å²) in [6.07, 6.45) is 8.89. The zero-order valence-electron chi connectivity index (χ0n) is 12.7. The molecule has 0 saturated heterocycles. The predicted molar refractivity (Wildman–Crippen MR) is 72.8 cm³/mol. The van der Waals surface area contributed by atoms with Crippen molar-refractivity contribution >= 4 is 16.1 Å². The van der Waals surface area contributed by atoms with Crippen LogP contribution in [0.25, 0.3) is 0 Å². The Hall–Kier alpha value is 0.380. The summed E-state index contributed by atoms with van der Waals surface area (Å²) in [5, 5.41) is 0. The van der Waals surface area contributed by atoms with Gasteiger partial charge in [-0.1, -0.05) is 51.9 Å². The van der Waals surface area contributed by atoms with Crippen molar-refractivity contribution in [3.63, 3.8) is 0 Å². The number of hydrogen-bond acceptors (Lipinski definition) is 5. The van der Waals surface area contributed by atoms with Crippen LogP contribution in [0.4, 0.5) is 0 Å². The van der Waals surface area contributed by atoms with Crippen LogP contribution >= 0.6 is 0 Å². The van der Waals surface area contributed by atoms with Crippen molar-refractivity contribution < 1.29 is 52.1 Å². The quantitative estimate of drug-likeness (QED) is 0.212. The molecule has 0 aliphatic carbocycles. The molecular formula is C13H25NaO5S. The largest absolute Gasteiger partial charge is 1.00 e. The van der Waals surface area contributed by atoms with E-state index >= 15 is 0 Å². The molecule has 0 bridgehead atoms. The number of carbonyl (C=O) groups is 1. The maximum atomic E-state index is 11.1. The molecule has 0 atom stereocenters. The summed E-state index contributed by atoms with van der Waals surface area (Å²) in [4.78, 5) is 11.1. The molecule has 0 aromatic heterocycles. The number of hydrogen-bond donors (Lipinski definition) is 0. The van der Waals surface area contributed by atoms with Gasteiger partial charge >= 0.3 is 35.5 Å². The van der Waals surface area contributed by atoms with Crippen LogP contribution < -0.4 is 29.6 Å². The van der Waals surface area contributed by atoms with Crippen molar-refractivity contribution in [1.29, 1.82) is 0 Å². The van der Waals surface area contributed by atoms with Crippen molar-refractivity contribution in [1.82, 2.24) is 0 Å². The van der Waals surface area contributed by atoms with E-state index in [4.69, 9.17) is 4.74 Å². The smallest absolute Gasteiger partial charge is 0.748 e. The Morgan fingerprint density at radius 3 is 2.00 bits per heavy atom. The Bertz CT molecular complexity index is 330. The van der Waals surface area contributed by atoms with Crippen molar-refractivity contribution in [3.05, 3.63) is 0 Å². The molecular weight excluding hydrogens is 291 g/mol. The van der Waals surface area contributed by atoms with Gasteiger partial charge in [-0.05, 0) is 6.42 Å². The Morgan fingerprint density at radius 1 is 1.00 bits per heavy atom. The average Bonchev–Trinajstić information content (AvgIpc) is 2.33. The van der Waals surface area contributed by atoms with Gasteiger partial charge in [-0.3, -0.25) is 4.79 Å².